The normalized spacial score (nSPS) is 15.0. The van der Waals surface area contributed by atoms with E-state index in [0.717, 1.165) is 44.8 Å². The maximum Gasteiger partial charge on any atom is 0.164 e. The molecule has 142 valence electrons. The van der Waals surface area contributed by atoms with Gasteiger partial charge in [-0.25, -0.2) is 0 Å². The summed E-state index contributed by atoms with van der Waals surface area (Å²) < 4.78 is 1.17. The molecular formula is C20H25Cl2IN2O. The zero-order chi connectivity index (χ0) is 16.8. The van der Waals surface area contributed by atoms with Gasteiger partial charge in [0.15, 0.2) is 5.78 Å². The van der Waals surface area contributed by atoms with E-state index in [9.17, 15) is 4.79 Å². The third-order valence-electron chi connectivity index (χ3n) is 4.54. The third kappa shape index (κ3) is 7.16. The van der Waals surface area contributed by atoms with Crippen molar-refractivity contribution in [3.63, 3.8) is 0 Å². The van der Waals surface area contributed by atoms with Gasteiger partial charge in [-0.15, -0.1) is 24.8 Å². The Morgan fingerprint density at radius 1 is 0.846 bits per heavy atom. The van der Waals surface area contributed by atoms with Crippen LogP contribution in [0.5, 0.6) is 0 Å². The van der Waals surface area contributed by atoms with Crippen molar-refractivity contribution in [2.45, 2.75) is 13.0 Å². The number of rotatable bonds is 6. The lowest BCUT2D eigenvalue weighted by Crippen LogP contribution is -2.46. The van der Waals surface area contributed by atoms with Crippen molar-refractivity contribution in [3.05, 3.63) is 69.3 Å². The van der Waals surface area contributed by atoms with Crippen molar-refractivity contribution in [2.75, 3.05) is 32.7 Å². The largest absolute Gasteiger partial charge is 0.300 e. The van der Waals surface area contributed by atoms with Crippen molar-refractivity contribution in [3.8, 4) is 0 Å². The van der Waals surface area contributed by atoms with Gasteiger partial charge in [-0.05, 0) is 40.3 Å². The number of ketones is 1. The topological polar surface area (TPSA) is 23.6 Å². The summed E-state index contributed by atoms with van der Waals surface area (Å²) in [6.45, 7) is 6.14. The first-order chi connectivity index (χ1) is 11.7. The van der Waals surface area contributed by atoms with Gasteiger partial charge in [0.1, 0.15) is 0 Å². The molecule has 1 saturated heterocycles. The van der Waals surface area contributed by atoms with Crippen LogP contribution >= 0.6 is 47.4 Å². The van der Waals surface area contributed by atoms with Gasteiger partial charge in [0, 0.05) is 54.8 Å². The highest BCUT2D eigenvalue weighted by molar-refractivity contribution is 14.1. The molecule has 0 atom stereocenters. The minimum Gasteiger partial charge on any atom is -0.300 e. The first-order valence-corrected chi connectivity index (χ1v) is 9.56. The maximum absolute atomic E-state index is 12.3. The molecule has 1 aliphatic rings. The second-order valence-corrected chi connectivity index (χ2v) is 7.53. The van der Waals surface area contributed by atoms with Gasteiger partial charge in [0.05, 0.1) is 0 Å². The fourth-order valence-corrected chi connectivity index (χ4v) is 3.41. The van der Waals surface area contributed by atoms with Crippen molar-refractivity contribution >= 4 is 53.2 Å². The summed E-state index contributed by atoms with van der Waals surface area (Å²) in [5, 5.41) is 0. The highest BCUT2D eigenvalue weighted by Gasteiger charge is 2.17. The van der Waals surface area contributed by atoms with Crippen LogP contribution in [0.3, 0.4) is 0 Å². The average Bonchev–Trinajstić information content (AvgIpc) is 2.62. The van der Waals surface area contributed by atoms with Crippen molar-refractivity contribution in [1.82, 2.24) is 9.80 Å². The van der Waals surface area contributed by atoms with Crippen molar-refractivity contribution in [2.24, 2.45) is 0 Å². The fraction of sp³-hybridized carbons (Fsp3) is 0.350. The molecule has 0 aromatic heterocycles. The van der Waals surface area contributed by atoms with Crippen molar-refractivity contribution < 1.29 is 4.79 Å². The van der Waals surface area contributed by atoms with E-state index in [1.54, 1.807) is 0 Å². The molecule has 0 radical (unpaired) electrons. The minimum atomic E-state index is 0. The molecule has 0 bridgehead atoms. The van der Waals surface area contributed by atoms with Gasteiger partial charge >= 0.3 is 0 Å². The van der Waals surface area contributed by atoms with E-state index in [-0.39, 0.29) is 30.6 Å². The summed E-state index contributed by atoms with van der Waals surface area (Å²) in [5.74, 6) is 0.248. The van der Waals surface area contributed by atoms with E-state index in [1.165, 1.54) is 9.13 Å². The second-order valence-electron chi connectivity index (χ2n) is 6.28. The molecule has 1 fully saturated rings. The summed E-state index contributed by atoms with van der Waals surface area (Å²) in [6.07, 6.45) is 0.610. The summed E-state index contributed by atoms with van der Waals surface area (Å²) >= 11 is 2.26. The summed E-state index contributed by atoms with van der Waals surface area (Å²) in [6, 6.07) is 18.5. The van der Waals surface area contributed by atoms with Gasteiger partial charge in [-0.3, -0.25) is 9.69 Å². The lowest BCUT2D eigenvalue weighted by molar-refractivity contribution is 0.0922. The number of halogens is 3. The van der Waals surface area contributed by atoms with E-state index in [2.05, 4.69) is 62.7 Å². The van der Waals surface area contributed by atoms with Gasteiger partial charge in [0.25, 0.3) is 0 Å². The number of carbonyl (C=O) groups excluding carboxylic acids is 1. The molecule has 0 unspecified atom stereocenters. The Balaban J connectivity index is 0.00000169. The molecular weight excluding hydrogens is 482 g/mol. The Bertz CT molecular complexity index is 659. The van der Waals surface area contributed by atoms with Gasteiger partial charge in [0.2, 0.25) is 0 Å². The fourth-order valence-electron chi connectivity index (χ4n) is 3.05. The Kier molecular flexibility index (Phi) is 10.7. The molecule has 0 aliphatic carbocycles. The number of carbonyl (C=O) groups is 1. The molecule has 2 aromatic carbocycles. The molecule has 0 amide bonds. The quantitative estimate of drug-likeness (QED) is 0.425. The second kappa shape index (κ2) is 11.9. The lowest BCUT2D eigenvalue weighted by atomic mass is 10.1. The minimum absolute atomic E-state index is 0. The van der Waals surface area contributed by atoms with Crippen LogP contribution in [0.4, 0.5) is 0 Å². The first kappa shape index (κ1) is 23.4. The molecule has 3 rings (SSSR count). The van der Waals surface area contributed by atoms with Crippen LogP contribution in [0.25, 0.3) is 0 Å². The maximum atomic E-state index is 12.3. The van der Waals surface area contributed by atoms with E-state index >= 15 is 0 Å². The first-order valence-electron chi connectivity index (χ1n) is 8.48. The van der Waals surface area contributed by atoms with Crippen LogP contribution in [-0.4, -0.2) is 48.3 Å². The number of hydrogen-bond donors (Lipinski definition) is 0. The average molecular weight is 507 g/mol. The van der Waals surface area contributed by atoms with Gasteiger partial charge in [-0.1, -0.05) is 42.5 Å². The number of piperazine rings is 1. The standard InChI is InChI=1S/C20H23IN2O.2ClH/c21-19-8-6-18(7-9-19)20(24)10-11-22-12-14-23(15-13-22)16-17-4-2-1-3-5-17;;/h1-9H,10-16H2;2*1H. The molecule has 0 N–H and O–H groups in total. The van der Waals surface area contributed by atoms with E-state index < -0.39 is 0 Å². The van der Waals surface area contributed by atoms with Crippen LogP contribution < -0.4 is 0 Å². The molecule has 6 heteroatoms. The number of nitrogens with zero attached hydrogens (tertiary/aromatic N) is 2. The number of hydrogen-bond acceptors (Lipinski definition) is 3. The molecule has 0 saturated carbocycles. The lowest BCUT2D eigenvalue weighted by Gasteiger charge is -2.34. The summed E-state index contributed by atoms with van der Waals surface area (Å²) in [7, 11) is 0. The summed E-state index contributed by atoms with van der Waals surface area (Å²) in [5.41, 5.74) is 2.21. The van der Waals surface area contributed by atoms with E-state index in [1.807, 2.05) is 24.3 Å². The monoisotopic (exact) mass is 506 g/mol. The van der Waals surface area contributed by atoms with Crippen LogP contribution in [0.2, 0.25) is 0 Å². The predicted octanol–water partition coefficient (Wildman–Crippen LogP) is 4.53. The number of benzene rings is 2. The summed E-state index contributed by atoms with van der Waals surface area (Å²) in [4.78, 5) is 17.2. The Morgan fingerprint density at radius 2 is 1.42 bits per heavy atom. The smallest absolute Gasteiger partial charge is 0.164 e. The van der Waals surface area contributed by atoms with Crippen molar-refractivity contribution in [1.29, 1.82) is 0 Å². The Hall–Kier alpha value is -0.660. The Morgan fingerprint density at radius 3 is 2.04 bits per heavy atom. The zero-order valence-electron chi connectivity index (χ0n) is 14.6. The third-order valence-corrected chi connectivity index (χ3v) is 5.25. The highest BCUT2D eigenvalue weighted by atomic mass is 127. The Labute approximate surface area is 182 Å². The van der Waals surface area contributed by atoms with Crippen LogP contribution in [0, 0.1) is 3.57 Å². The van der Waals surface area contributed by atoms with E-state index in [4.69, 9.17) is 0 Å². The molecule has 1 heterocycles. The molecule has 3 nitrogen and oxygen atoms in total. The van der Waals surface area contributed by atoms with Crippen LogP contribution in [-0.2, 0) is 6.54 Å². The SMILES string of the molecule is Cl.Cl.O=C(CCN1CCN(Cc2ccccc2)CC1)c1ccc(I)cc1. The molecule has 26 heavy (non-hydrogen) atoms. The molecule has 1 aliphatic heterocycles. The van der Waals surface area contributed by atoms with Gasteiger partial charge < -0.3 is 4.90 Å². The molecule has 0 spiro atoms. The zero-order valence-corrected chi connectivity index (χ0v) is 18.4. The van der Waals surface area contributed by atoms with Crippen LogP contribution in [0.1, 0.15) is 22.3 Å². The van der Waals surface area contributed by atoms with Crippen LogP contribution in [0.15, 0.2) is 54.6 Å². The number of Topliss-reactive ketones (excluding diaryl/α,β-unsaturated/α-hetero) is 1. The molecule has 2 aromatic rings. The van der Waals surface area contributed by atoms with Gasteiger partial charge in [-0.2, -0.15) is 0 Å². The van der Waals surface area contributed by atoms with E-state index in [0.29, 0.717) is 6.42 Å². The predicted molar refractivity (Wildman–Crippen MR) is 121 cm³/mol. The highest BCUT2D eigenvalue weighted by Crippen LogP contribution is 2.11.